The number of pyridine rings is 1. The summed E-state index contributed by atoms with van der Waals surface area (Å²) in [6, 6.07) is 6.93. The van der Waals surface area contributed by atoms with Crippen molar-refractivity contribution in [2.24, 2.45) is 11.5 Å². The maximum atomic E-state index is 13.3. The van der Waals surface area contributed by atoms with E-state index in [0.29, 0.717) is 71.2 Å². The van der Waals surface area contributed by atoms with Crippen LogP contribution in [0.1, 0.15) is 56.7 Å². The van der Waals surface area contributed by atoms with E-state index in [1.165, 1.54) is 12.3 Å². The van der Waals surface area contributed by atoms with Gasteiger partial charge in [-0.3, -0.25) is 33.8 Å². The molecule has 2 saturated heterocycles. The van der Waals surface area contributed by atoms with Gasteiger partial charge in [0.25, 0.3) is 5.91 Å². The maximum absolute atomic E-state index is 13.3. The number of carbonyl (C=O) groups is 3. The largest absolute Gasteiger partial charge is 0.491 e. The first-order valence-electron chi connectivity index (χ1n) is 16.8. The zero-order valence-corrected chi connectivity index (χ0v) is 28.4. The molecule has 0 radical (unpaired) electrons. The summed E-state index contributed by atoms with van der Waals surface area (Å²) >= 11 is 0. The molecule has 2 aliphatic rings. The van der Waals surface area contributed by atoms with E-state index < -0.39 is 17.7 Å². The second kappa shape index (κ2) is 13.8. The minimum absolute atomic E-state index is 0.192. The molecule has 0 unspecified atom stereocenters. The third kappa shape index (κ3) is 6.72. The summed E-state index contributed by atoms with van der Waals surface area (Å²) in [6.45, 7) is 7.83. The first-order chi connectivity index (χ1) is 24.6. The third-order valence-corrected chi connectivity index (χ3v) is 9.25. The van der Waals surface area contributed by atoms with E-state index in [1.54, 1.807) is 32.0 Å². The summed E-state index contributed by atoms with van der Waals surface area (Å²) in [6.07, 6.45) is 7.34. The molecule has 4 aromatic heterocycles. The number of ether oxygens (including phenoxy) is 2. The molecular weight excluding hydrogens is 656 g/mol. The lowest BCUT2D eigenvalue weighted by Gasteiger charge is -2.26. The minimum atomic E-state index is -0.642. The number of aryl methyl sites for hydroxylation is 2. The number of imidazole rings is 2. The Morgan fingerprint density at radius 3 is 2.51 bits per heavy atom. The molecule has 1 aromatic carbocycles. The number of nitrogen functional groups attached to an aromatic ring is 1. The summed E-state index contributed by atoms with van der Waals surface area (Å²) in [7, 11) is 0. The van der Waals surface area contributed by atoms with Crippen molar-refractivity contribution < 1.29 is 23.9 Å². The Morgan fingerprint density at radius 1 is 1.04 bits per heavy atom. The van der Waals surface area contributed by atoms with Gasteiger partial charge < -0.3 is 31.2 Å². The molecule has 6 heterocycles. The molecule has 3 amide bonds. The number of amides is 3. The number of nitrogens with one attached hydrogen (secondary N) is 1. The number of likely N-dealkylation sites (tertiary alicyclic amines) is 1. The normalized spacial score (nSPS) is 17.3. The molecule has 2 atom stereocenters. The molecule has 7 rings (SSSR count). The number of rotatable bonds is 14. The lowest BCUT2D eigenvalue weighted by Crippen LogP contribution is -2.37. The molecule has 2 fully saturated rings. The predicted octanol–water partition coefficient (Wildman–Crippen LogP) is 1.84. The van der Waals surface area contributed by atoms with Gasteiger partial charge in [-0.15, -0.1) is 0 Å². The lowest BCUT2D eigenvalue weighted by molar-refractivity contribution is 0.0289. The molecule has 0 saturated carbocycles. The van der Waals surface area contributed by atoms with E-state index in [9.17, 15) is 14.4 Å². The summed E-state index contributed by atoms with van der Waals surface area (Å²) in [5, 5.41) is 7.24. The van der Waals surface area contributed by atoms with E-state index in [0.717, 1.165) is 32.5 Å². The number of fused-ring (bicyclic) bond motifs is 4. The van der Waals surface area contributed by atoms with Crippen molar-refractivity contribution in [3.05, 3.63) is 65.1 Å². The highest BCUT2D eigenvalue weighted by molar-refractivity contribution is 6.03. The number of benzene rings is 1. The smallest absolute Gasteiger partial charge is 0.276 e. The molecule has 7 N–H and O–H groups in total. The summed E-state index contributed by atoms with van der Waals surface area (Å²) in [4.78, 5) is 53.3. The van der Waals surface area contributed by atoms with Gasteiger partial charge in [0.15, 0.2) is 5.65 Å². The quantitative estimate of drug-likeness (QED) is 0.0967. The Kier molecular flexibility index (Phi) is 9.14. The Bertz CT molecular complexity index is 2180. The number of hydrogen-bond donors (Lipinski definition) is 4. The van der Waals surface area contributed by atoms with Crippen LogP contribution >= 0.6 is 0 Å². The van der Waals surface area contributed by atoms with Crippen LogP contribution in [-0.4, -0.2) is 94.9 Å². The van der Waals surface area contributed by atoms with Crippen molar-refractivity contribution in [1.82, 2.24) is 38.8 Å². The Morgan fingerprint density at radius 2 is 1.80 bits per heavy atom. The van der Waals surface area contributed by atoms with Crippen molar-refractivity contribution in [3.8, 4) is 5.75 Å². The number of carbonyl (C=O) groups excluding carboxylic acids is 3. The van der Waals surface area contributed by atoms with Crippen molar-refractivity contribution in [2.45, 2.75) is 58.5 Å². The van der Waals surface area contributed by atoms with Gasteiger partial charge in [-0.05, 0) is 51.0 Å². The van der Waals surface area contributed by atoms with E-state index >= 15 is 0 Å². The van der Waals surface area contributed by atoms with Crippen molar-refractivity contribution >= 4 is 51.8 Å². The van der Waals surface area contributed by atoms with Gasteiger partial charge in [-0.25, -0.2) is 15.0 Å². The van der Waals surface area contributed by atoms with Crippen LogP contribution in [0.2, 0.25) is 0 Å². The zero-order valence-electron chi connectivity index (χ0n) is 28.4. The van der Waals surface area contributed by atoms with E-state index in [-0.39, 0.29) is 29.6 Å². The molecular formula is C34H40N12O5. The number of hydrogen-bond acceptors (Lipinski definition) is 11. The molecule has 17 heteroatoms. The summed E-state index contributed by atoms with van der Waals surface area (Å²) in [5.74, 6) is -0.700. The number of anilines is 2. The molecule has 51 heavy (non-hydrogen) atoms. The Labute approximate surface area is 292 Å². The van der Waals surface area contributed by atoms with Crippen LogP contribution in [-0.2, 0) is 24.4 Å². The highest BCUT2D eigenvalue weighted by Gasteiger charge is 2.38. The summed E-state index contributed by atoms with van der Waals surface area (Å²) in [5.41, 5.74) is 21.0. The summed E-state index contributed by atoms with van der Waals surface area (Å²) < 4.78 is 17.1. The minimum Gasteiger partial charge on any atom is -0.491 e. The van der Waals surface area contributed by atoms with Crippen molar-refractivity contribution in [1.29, 1.82) is 0 Å². The molecule has 0 aliphatic carbocycles. The van der Waals surface area contributed by atoms with Gasteiger partial charge in [-0.1, -0.05) is 12.2 Å². The van der Waals surface area contributed by atoms with Gasteiger partial charge in [0.05, 0.1) is 36.1 Å². The van der Waals surface area contributed by atoms with Gasteiger partial charge in [0.2, 0.25) is 23.7 Å². The standard InChI is InChI=1S/C34H40N12O5/c1-3-46-26(11-19(2)42-46)32(49)41-34-40-25-13-21(30(36)48)16-38-31(25)45(34)9-5-4-8-44-28-24(39-33(44)37)12-20(29(35)47)14-27(28)50-10-6-7-43-17-23-15-22(43)18-51-23/h4-5,11-14,16,22-23H,3,6-10,15,17-18H2,1-2H3,(H2,35,47)(H2,36,48)(H2,37,39)(H,40,41,49)/b5-4+/t22-,23-/m0/s1. The predicted molar refractivity (Wildman–Crippen MR) is 188 cm³/mol. The highest BCUT2D eigenvalue weighted by atomic mass is 16.5. The molecule has 17 nitrogen and oxygen atoms in total. The topological polar surface area (TPSA) is 229 Å². The number of nitrogens with two attached hydrogens (primary N) is 3. The van der Waals surface area contributed by atoms with Crippen LogP contribution in [0.25, 0.3) is 22.2 Å². The van der Waals surface area contributed by atoms with Gasteiger partial charge in [-0.2, -0.15) is 5.10 Å². The second-order valence-corrected chi connectivity index (χ2v) is 12.7. The molecule has 0 spiro atoms. The average molecular weight is 697 g/mol. The molecule has 5 aromatic rings. The third-order valence-electron chi connectivity index (χ3n) is 9.25. The number of nitrogens with zero attached hydrogens (tertiary/aromatic N) is 8. The first kappa shape index (κ1) is 33.7. The second-order valence-electron chi connectivity index (χ2n) is 12.7. The number of aromatic nitrogens is 7. The number of allylic oxidation sites excluding steroid dienone is 2. The monoisotopic (exact) mass is 696 g/mol. The first-order valence-corrected chi connectivity index (χ1v) is 16.8. The number of primary amides is 2. The van der Waals surface area contributed by atoms with Gasteiger partial charge in [0, 0.05) is 50.5 Å². The van der Waals surface area contributed by atoms with Crippen molar-refractivity contribution in [3.63, 3.8) is 0 Å². The van der Waals surface area contributed by atoms with E-state index in [4.69, 9.17) is 26.7 Å². The van der Waals surface area contributed by atoms with Crippen LogP contribution in [0.4, 0.5) is 11.9 Å². The fourth-order valence-corrected chi connectivity index (χ4v) is 6.80. The zero-order chi connectivity index (χ0) is 35.8. The highest BCUT2D eigenvalue weighted by Crippen LogP contribution is 2.31. The fraction of sp³-hybridized carbons (Fsp3) is 0.382. The maximum Gasteiger partial charge on any atom is 0.276 e. The fourth-order valence-electron chi connectivity index (χ4n) is 6.80. The lowest BCUT2D eigenvalue weighted by atomic mass is 10.1. The van der Waals surface area contributed by atoms with Gasteiger partial charge in [0.1, 0.15) is 22.5 Å². The van der Waals surface area contributed by atoms with Crippen LogP contribution < -0.4 is 27.3 Å². The van der Waals surface area contributed by atoms with E-state index in [2.05, 4.69) is 30.3 Å². The SMILES string of the molecule is CCn1nc(C)cc1C(=O)Nc1nc2cc(C(N)=O)cnc2n1C/C=C/Cn1c(N)nc2cc(C(N)=O)cc(OCCCN3C[C@@H]4C[C@H]3CO4)c21. The molecule has 2 bridgehead atoms. The Hall–Kier alpha value is -5.81. The van der Waals surface area contributed by atoms with Crippen molar-refractivity contribution in [2.75, 3.05) is 37.4 Å². The Balaban J connectivity index is 1.12. The van der Waals surface area contributed by atoms with E-state index in [1.807, 2.05) is 26.0 Å². The molecule has 266 valence electrons. The van der Waals surface area contributed by atoms with Crippen LogP contribution in [0.5, 0.6) is 5.75 Å². The van der Waals surface area contributed by atoms with Crippen LogP contribution in [0.3, 0.4) is 0 Å². The van der Waals surface area contributed by atoms with Crippen LogP contribution in [0.15, 0.2) is 42.6 Å². The number of morpholine rings is 1. The van der Waals surface area contributed by atoms with Gasteiger partial charge >= 0.3 is 0 Å². The molecule has 2 aliphatic heterocycles. The van der Waals surface area contributed by atoms with Crippen LogP contribution in [0, 0.1) is 6.92 Å². The average Bonchev–Trinajstić information content (AvgIpc) is 3.93.